The zero-order valence-electron chi connectivity index (χ0n) is 10.0. The number of hydrogen-bond donors (Lipinski definition) is 1. The molecule has 0 saturated heterocycles. The van der Waals surface area contributed by atoms with Gasteiger partial charge in [0.05, 0.1) is 11.7 Å². The maximum Gasteiger partial charge on any atom is 0.127 e. The molecule has 0 spiro atoms. The maximum absolute atomic E-state index is 13.7. The van der Waals surface area contributed by atoms with Crippen LogP contribution in [0.15, 0.2) is 41.0 Å². The standard InChI is InChI=1S/C14H14BrFN2/c1-9-3-2-6-18-14(9)13(17)7-10-4-5-11(15)8-12(10)16/h2-6,8,13H,7,17H2,1H3. The minimum atomic E-state index is -0.290. The molecule has 0 radical (unpaired) electrons. The van der Waals surface area contributed by atoms with Gasteiger partial charge in [-0.05, 0) is 42.7 Å². The van der Waals surface area contributed by atoms with Gasteiger partial charge in [0, 0.05) is 10.7 Å². The minimum absolute atomic E-state index is 0.242. The Morgan fingerprint density at radius 1 is 1.39 bits per heavy atom. The summed E-state index contributed by atoms with van der Waals surface area (Å²) in [7, 11) is 0. The lowest BCUT2D eigenvalue weighted by molar-refractivity contribution is 0.588. The van der Waals surface area contributed by atoms with Crippen LogP contribution in [0.5, 0.6) is 0 Å². The fourth-order valence-corrected chi connectivity index (χ4v) is 2.24. The van der Waals surface area contributed by atoms with E-state index in [9.17, 15) is 4.39 Å². The predicted octanol–water partition coefficient (Wildman–Crippen LogP) is 3.53. The van der Waals surface area contributed by atoms with Crippen LogP contribution in [0.3, 0.4) is 0 Å². The summed E-state index contributed by atoms with van der Waals surface area (Å²) in [5.41, 5.74) is 8.55. The Morgan fingerprint density at radius 3 is 2.83 bits per heavy atom. The van der Waals surface area contributed by atoms with E-state index in [1.54, 1.807) is 12.3 Å². The summed E-state index contributed by atoms with van der Waals surface area (Å²) in [5, 5.41) is 0. The van der Waals surface area contributed by atoms with Gasteiger partial charge in [-0.3, -0.25) is 4.98 Å². The monoisotopic (exact) mass is 308 g/mol. The Hall–Kier alpha value is -1.26. The Kier molecular flexibility index (Phi) is 4.09. The number of nitrogens with two attached hydrogens (primary N) is 1. The molecule has 0 aliphatic rings. The molecule has 18 heavy (non-hydrogen) atoms. The molecule has 2 rings (SSSR count). The highest BCUT2D eigenvalue weighted by Gasteiger charge is 2.13. The highest BCUT2D eigenvalue weighted by Crippen LogP contribution is 2.21. The van der Waals surface area contributed by atoms with Crippen molar-refractivity contribution in [1.82, 2.24) is 4.98 Å². The van der Waals surface area contributed by atoms with Gasteiger partial charge in [-0.1, -0.05) is 28.1 Å². The summed E-state index contributed by atoms with van der Waals surface area (Å²) < 4.78 is 14.4. The first-order valence-corrected chi connectivity index (χ1v) is 6.48. The molecule has 4 heteroatoms. The Morgan fingerprint density at radius 2 is 2.17 bits per heavy atom. The first kappa shape index (κ1) is 13.2. The molecule has 0 saturated carbocycles. The third-order valence-electron chi connectivity index (χ3n) is 2.86. The molecule has 0 aliphatic heterocycles. The van der Waals surface area contributed by atoms with E-state index in [2.05, 4.69) is 20.9 Å². The van der Waals surface area contributed by atoms with Crippen molar-refractivity contribution in [2.75, 3.05) is 0 Å². The van der Waals surface area contributed by atoms with E-state index in [0.717, 1.165) is 15.7 Å². The number of aromatic nitrogens is 1. The van der Waals surface area contributed by atoms with Crippen LogP contribution in [0.2, 0.25) is 0 Å². The topological polar surface area (TPSA) is 38.9 Å². The normalized spacial score (nSPS) is 12.4. The number of hydrogen-bond acceptors (Lipinski definition) is 2. The molecule has 1 heterocycles. The van der Waals surface area contributed by atoms with Crippen molar-refractivity contribution in [2.45, 2.75) is 19.4 Å². The van der Waals surface area contributed by atoms with Crippen molar-refractivity contribution in [3.8, 4) is 0 Å². The summed E-state index contributed by atoms with van der Waals surface area (Å²) in [5.74, 6) is -0.242. The van der Waals surface area contributed by atoms with E-state index in [-0.39, 0.29) is 11.9 Å². The van der Waals surface area contributed by atoms with Crippen LogP contribution in [0.1, 0.15) is 22.9 Å². The molecule has 1 unspecified atom stereocenters. The molecule has 0 fully saturated rings. The predicted molar refractivity (Wildman–Crippen MR) is 73.7 cm³/mol. The largest absolute Gasteiger partial charge is 0.322 e. The SMILES string of the molecule is Cc1cccnc1C(N)Cc1ccc(Br)cc1F. The Balaban J connectivity index is 2.21. The van der Waals surface area contributed by atoms with Crippen LogP contribution in [-0.2, 0) is 6.42 Å². The highest BCUT2D eigenvalue weighted by atomic mass is 79.9. The van der Waals surface area contributed by atoms with Crippen LogP contribution in [0.25, 0.3) is 0 Å². The van der Waals surface area contributed by atoms with E-state index in [1.165, 1.54) is 6.07 Å². The number of rotatable bonds is 3. The summed E-state index contributed by atoms with van der Waals surface area (Å²) in [6, 6.07) is 8.55. The fourth-order valence-electron chi connectivity index (χ4n) is 1.91. The lowest BCUT2D eigenvalue weighted by Crippen LogP contribution is -2.16. The van der Waals surface area contributed by atoms with Gasteiger partial charge in [0.1, 0.15) is 5.82 Å². The van der Waals surface area contributed by atoms with Gasteiger partial charge in [0.2, 0.25) is 0 Å². The van der Waals surface area contributed by atoms with Crippen molar-refractivity contribution >= 4 is 15.9 Å². The van der Waals surface area contributed by atoms with Gasteiger partial charge in [0.25, 0.3) is 0 Å². The molecule has 2 aromatic rings. The van der Waals surface area contributed by atoms with E-state index >= 15 is 0 Å². The average molecular weight is 309 g/mol. The van der Waals surface area contributed by atoms with Gasteiger partial charge < -0.3 is 5.73 Å². The summed E-state index contributed by atoms with van der Waals surface area (Å²) in [6.07, 6.45) is 2.15. The number of nitrogens with zero attached hydrogens (tertiary/aromatic N) is 1. The van der Waals surface area contributed by atoms with Crippen molar-refractivity contribution in [3.63, 3.8) is 0 Å². The second-order valence-electron chi connectivity index (χ2n) is 4.25. The van der Waals surface area contributed by atoms with Gasteiger partial charge in [-0.2, -0.15) is 0 Å². The van der Waals surface area contributed by atoms with Crippen molar-refractivity contribution in [3.05, 3.63) is 63.6 Å². The molecule has 2 N–H and O–H groups in total. The lowest BCUT2D eigenvalue weighted by atomic mass is 10.0. The quantitative estimate of drug-likeness (QED) is 0.942. The van der Waals surface area contributed by atoms with Crippen LogP contribution >= 0.6 is 15.9 Å². The minimum Gasteiger partial charge on any atom is -0.322 e. The number of pyridine rings is 1. The van der Waals surface area contributed by atoms with Gasteiger partial charge in [-0.15, -0.1) is 0 Å². The first-order chi connectivity index (χ1) is 8.58. The second-order valence-corrected chi connectivity index (χ2v) is 5.17. The molecule has 1 aromatic carbocycles. The van der Waals surface area contributed by atoms with Crippen LogP contribution < -0.4 is 5.73 Å². The van der Waals surface area contributed by atoms with Gasteiger partial charge in [-0.25, -0.2) is 4.39 Å². The van der Waals surface area contributed by atoms with E-state index in [1.807, 2.05) is 25.1 Å². The highest BCUT2D eigenvalue weighted by molar-refractivity contribution is 9.10. The van der Waals surface area contributed by atoms with Crippen LogP contribution in [0, 0.1) is 12.7 Å². The van der Waals surface area contributed by atoms with E-state index in [4.69, 9.17) is 5.73 Å². The second kappa shape index (κ2) is 5.59. The van der Waals surface area contributed by atoms with E-state index in [0.29, 0.717) is 12.0 Å². The maximum atomic E-state index is 13.7. The smallest absolute Gasteiger partial charge is 0.127 e. The third-order valence-corrected chi connectivity index (χ3v) is 3.35. The van der Waals surface area contributed by atoms with Crippen molar-refractivity contribution < 1.29 is 4.39 Å². The van der Waals surface area contributed by atoms with Crippen LogP contribution in [0.4, 0.5) is 4.39 Å². The van der Waals surface area contributed by atoms with Crippen molar-refractivity contribution in [1.29, 1.82) is 0 Å². The fraction of sp³-hybridized carbons (Fsp3) is 0.214. The number of benzene rings is 1. The number of aryl methyl sites for hydroxylation is 1. The Labute approximate surface area is 114 Å². The summed E-state index contributed by atoms with van der Waals surface area (Å²) in [4.78, 5) is 4.26. The molecule has 2 nitrogen and oxygen atoms in total. The zero-order valence-corrected chi connectivity index (χ0v) is 11.6. The molecule has 94 valence electrons. The molecular weight excluding hydrogens is 295 g/mol. The lowest BCUT2D eigenvalue weighted by Gasteiger charge is -2.14. The first-order valence-electron chi connectivity index (χ1n) is 5.69. The van der Waals surface area contributed by atoms with E-state index < -0.39 is 0 Å². The number of halogens is 2. The Bertz CT molecular complexity index is 557. The van der Waals surface area contributed by atoms with Crippen molar-refractivity contribution in [2.24, 2.45) is 5.73 Å². The molecule has 1 atom stereocenters. The zero-order chi connectivity index (χ0) is 13.1. The van der Waals surface area contributed by atoms with Gasteiger partial charge in [0.15, 0.2) is 0 Å². The summed E-state index contributed by atoms with van der Waals surface area (Å²) >= 11 is 3.24. The van der Waals surface area contributed by atoms with Crippen LogP contribution in [-0.4, -0.2) is 4.98 Å². The third kappa shape index (κ3) is 2.94. The molecular formula is C14H14BrFN2. The molecule has 0 amide bonds. The molecule has 1 aromatic heterocycles. The molecule has 0 aliphatic carbocycles. The average Bonchev–Trinajstić information content (AvgIpc) is 2.33. The van der Waals surface area contributed by atoms with Gasteiger partial charge >= 0.3 is 0 Å². The summed E-state index contributed by atoms with van der Waals surface area (Å²) in [6.45, 7) is 1.96. The molecule has 0 bridgehead atoms.